The van der Waals surface area contributed by atoms with Gasteiger partial charge in [-0.1, -0.05) is 0 Å². The van der Waals surface area contributed by atoms with Gasteiger partial charge in [0.25, 0.3) is 0 Å². The Bertz CT molecular complexity index is 302. The summed E-state index contributed by atoms with van der Waals surface area (Å²) >= 11 is 0. The van der Waals surface area contributed by atoms with Gasteiger partial charge in [-0.15, -0.1) is 0 Å². The van der Waals surface area contributed by atoms with E-state index in [1.807, 2.05) is 13.8 Å². The highest BCUT2D eigenvalue weighted by Crippen LogP contribution is 2.28. The van der Waals surface area contributed by atoms with Gasteiger partial charge in [0.2, 0.25) is 5.91 Å². The van der Waals surface area contributed by atoms with Crippen molar-refractivity contribution < 1.29 is 14.3 Å². The average molecular weight is 242 g/mol. The van der Waals surface area contributed by atoms with E-state index in [1.54, 1.807) is 0 Å². The molecule has 3 atom stereocenters. The number of hydrogen-bond acceptors (Lipinski definition) is 4. The van der Waals surface area contributed by atoms with Gasteiger partial charge in [0, 0.05) is 19.2 Å². The second-order valence-electron chi connectivity index (χ2n) is 5.62. The molecule has 2 fully saturated rings. The van der Waals surface area contributed by atoms with E-state index in [-0.39, 0.29) is 17.6 Å². The van der Waals surface area contributed by atoms with E-state index in [4.69, 9.17) is 15.2 Å². The Hall–Kier alpha value is -0.650. The summed E-state index contributed by atoms with van der Waals surface area (Å²) in [6.45, 7) is 6.08. The molecule has 17 heavy (non-hydrogen) atoms. The van der Waals surface area contributed by atoms with Gasteiger partial charge >= 0.3 is 0 Å². The van der Waals surface area contributed by atoms with Crippen LogP contribution in [0.5, 0.6) is 0 Å². The van der Waals surface area contributed by atoms with E-state index in [1.165, 1.54) is 0 Å². The second kappa shape index (κ2) is 4.55. The molecule has 2 saturated heterocycles. The number of amides is 1. The highest BCUT2D eigenvalue weighted by Gasteiger charge is 2.45. The van der Waals surface area contributed by atoms with Crippen molar-refractivity contribution in [1.29, 1.82) is 0 Å². The van der Waals surface area contributed by atoms with E-state index in [0.717, 1.165) is 19.4 Å². The van der Waals surface area contributed by atoms with Crippen LogP contribution < -0.4 is 11.1 Å². The van der Waals surface area contributed by atoms with Crippen LogP contribution in [0, 0.1) is 5.41 Å². The Labute approximate surface area is 102 Å². The largest absolute Gasteiger partial charge is 0.379 e. The normalized spacial score (nSPS) is 41.7. The zero-order chi connectivity index (χ0) is 12.5. The van der Waals surface area contributed by atoms with Crippen molar-refractivity contribution in [3.63, 3.8) is 0 Å². The van der Waals surface area contributed by atoms with Crippen LogP contribution in [0.4, 0.5) is 0 Å². The SMILES string of the molecule is CC1(CNC(=O)C2(C)COCC2N)CCCO1. The highest BCUT2D eigenvalue weighted by molar-refractivity contribution is 5.83. The Kier molecular flexibility index (Phi) is 3.43. The first-order chi connectivity index (χ1) is 7.96. The third-order valence-electron chi connectivity index (χ3n) is 3.96. The molecule has 0 aliphatic carbocycles. The zero-order valence-corrected chi connectivity index (χ0v) is 10.6. The van der Waals surface area contributed by atoms with Crippen molar-refractivity contribution in [3.05, 3.63) is 0 Å². The molecule has 3 unspecified atom stereocenters. The summed E-state index contributed by atoms with van der Waals surface area (Å²) in [6, 6.07) is -0.222. The monoisotopic (exact) mass is 242 g/mol. The fourth-order valence-electron chi connectivity index (χ4n) is 2.37. The number of rotatable bonds is 3. The molecule has 1 amide bonds. The number of carbonyl (C=O) groups excluding carboxylic acids is 1. The fourth-order valence-corrected chi connectivity index (χ4v) is 2.37. The number of hydrogen-bond donors (Lipinski definition) is 2. The van der Waals surface area contributed by atoms with Crippen LogP contribution in [0.1, 0.15) is 26.7 Å². The summed E-state index contributed by atoms with van der Waals surface area (Å²) < 4.78 is 10.9. The molecule has 2 aliphatic heterocycles. The number of carbonyl (C=O) groups is 1. The first-order valence-electron chi connectivity index (χ1n) is 6.22. The summed E-state index contributed by atoms with van der Waals surface area (Å²) in [6.07, 6.45) is 2.05. The molecule has 2 aliphatic rings. The molecular formula is C12H22N2O3. The molecule has 2 rings (SSSR count). The molecular weight excluding hydrogens is 220 g/mol. The molecule has 2 heterocycles. The maximum Gasteiger partial charge on any atom is 0.230 e. The van der Waals surface area contributed by atoms with Crippen LogP contribution in [0.2, 0.25) is 0 Å². The van der Waals surface area contributed by atoms with Crippen molar-refractivity contribution in [3.8, 4) is 0 Å². The first-order valence-corrected chi connectivity index (χ1v) is 6.22. The summed E-state index contributed by atoms with van der Waals surface area (Å²) in [5, 5.41) is 2.95. The highest BCUT2D eigenvalue weighted by atomic mass is 16.5. The molecule has 0 aromatic rings. The lowest BCUT2D eigenvalue weighted by Gasteiger charge is -2.29. The third kappa shape index (κ3) is 2.46. The van der Waals surface area contributed by atoms with E-state index in [9.17, 15) is 4.79 Å². The van der Waals surface area contributed by atoms with Gasteiger partial charge in [0.05, 0.1) is 24.2 Å². The van der Waals surface area contributed by atoms with E-state index in [0.29, 0.717) is 19.8 Å². The van der Waals surface area contributed by atoms with Gasteiger partial charge in [0.1, 0.15) is 0 Å². The van der Waals surface area contributed by atoms with E-state index >= 15 is 0 Å². The zero-order valence-electron chi connectivity index (χ0n) is 10.6. The quantitative estimate of drug-likeness (QED) is 0.732. The molecule has 0 radical (unpaired) electrons. The molecule has 0 bridgehead atoms. The molecule has 0 aromatic heterocycles. The van der Waals surface area contributed by atoms with Crippen LogP contribution in [-0.4, -0.2) is 43.9 Å². The summed E-state index contributed by atoms with van der Waals surface area (Å²) in [5.74, 6) is -0.0285. The minimum Gasteiger partial charge on any atom is -0.379 e. The van der Waals surface area contributed by atoms with E-state index in [2.05, 4.69) is 5.32 Å². The van der Waals surface area contributed by atoms with Crippen molar-refractivity contribution in [2.45, 2.75) is 38.3 Å². The van der Waals surface area contributed by atoms with Gasteiger partial charge < -0.3 is 20.5 Å². The summed E-state index contributed by atoms with van der Waals surface area (Å²) in [7, 11) is 0. The molecule has 5 heteroatoms. The predicted molar refractivity (Wildman–Crippen MR) is 63.5 cm³/mol. The number of nitrogens with one attached hydrogen (secondary N) is 1. The lowest BCUT2D eigenvalue weighted by atomic mass is 9.84. The molecule has 98 valence electrons. The van der Waals surface area contributed by atoms with E-state index < -0.39 is 5.41 Å². The van der Waals surface area contributed by atoms with Crippen molar-refractivity contribution in [1.82, 2.24) is 5.32 Å². The minimum absolute atomic E-state index is 0.0285. The second-order valence-corrected chi connectivity index (χ2v) is 5.62. The molecule has 0 aromatic carbocycles. The van der Waals surface area contributed by atoms with Crippen LogP contribution in [0.3, 0.4) is 0 Å². The van der Waals surface area contributed by atoms with Crippen LogP contribution >= 0.6 is 0 Å². The van der Waals surface area contributed by atoms with Gasteiger partial charge in [-0.25, -0.2) is 0 Å². The smallest absolute Gasteiger partial charge is 0.230 e. The third-order valence-corrected chi connectivity index (χ3v) is 3.96. The lowest BCUT2D eigenvalue weighted by molar-refractivity contribution is -0.132. The Morgan fingerprint density at radius 1 is 1.53 bits per heavy atom. The summed E-state index contributed by atoms with van der Waals surface area (Å²) in [4.78, 5) is 12.1. The lowest BCUT2D eigenvalue weighted by Crippen LogP contribution is -2.52. The maximum absolute atomic E-state index is 12.1. The fraction of sp³-hybridized carbons (Fsp3) is 0.917. The first kappa shape index (κ1) is 12.8. The molecule has 0 saturated carbocycles. The maximum atomic E-state index is 12.1. The van der Waals surface area contributed by atoms with Crippen molar-refractivity contribution in [2.24, 2.45) is 11.1 Å². The molecule has 3 N–H and O–H groups in total. The number of ether oxygens (including phenoxy) is 2. The van der Waals surface area contributed by atoms with Gasteiger partial charge in [-0.05, 0) is 26.7 Å². The topological polar surface area (TPSA) is 73.6 Å². The Balaban J connectivity index is 1.89. The van der Waals surface area contributed by atoms with Crippen molar-refractivity contribution >= 4 is 5.91 Å². The van der Waals surface area contributed by atoms with Crippen LogP contribution in [0.25, 0.3) is 0 Å². The van der Waals surface area contributed by atoms with Gasteiger partial charge in [-0.3, -0.25) is 4.79 Å². The molecule has 5 nitrogen and oxygen atoms in total. The Morgan fingerprint density at radius 3 is 2.82 bits per heavy atom. The van der Waals surface area contributed by atoms with Crippen LogP contribution in [-0.2, 0) is 14.3 Å². The Morgan fingerprint density at radius 2 is 2.29 bits per heavy atom. The summed E-state index contributed by atoms with van der Waals surface area (Å²) in [5.41, 5.74) is 5.10. The van der Waals surface area contributed by atoms with Gasteiger partial charge in [-0.2, -0.15) is 0 Å². The number of nitrogens with two attached hydrogens (primary N) is 1. The predicted octanol–water partition coefficient (Wildman–Crippen LogP) is 0.0355. The minimum atomic E-state index is -0.602. The van der Waals surface area contributed by atoms with Crippen LogP contribution in [0.15, 0.2) is 0 Å². The average Bonchev–Trinajstić information content (AvgIpc) is 2.85. The van der Waals surface area contributed by atoms with Gasteiger partial charge in [0.15, 0.2) is 0 Å². The molecule has 0 spiro atoms. The van der Waals surface area contributed by atoms with Crippen molar-refractivity contribution in [2.75, 3.05) is 26.4 Å². The standard InChI is InChI=1S/C12H22N2O3/c1-11(4-3-5-17-11)7-14-10(15)12(2)8-16-6-9(12)13/h9H,3-8,13H2,1-2H3,(H,14,15).